The van der Waals surface area contributed by atoms with Gasteiger partial charge >= 0.3 is 0 Å². The van der Waals surface area contributed by atoms with Crippen LogP contribution in [0.5, 0.6) is 0 Å². The number of hydrogen-bond donors (Lipinski definition) is 1. The lowest BCUT2D eigenvalue weighted by Gasteiger charge is -2.10. The first-order chi connectivity index (χ1) is 15.5. The van der Waals surface area contributed by atoms with Crippen LogP contribution in [0.15, 0.2) is 58.5 Å². The zero-order chi connectivity index (χ0) is 22.7. The highest BCUT2D eigenvalue weighted by Gasteiger charge is 2.17. The van der Waals surface area contributed by atoms with E-state index in [-0.39, 0.29) is 23.0 Å². The third-order valence-electron chi connectivity index (χ3n) is 5.07. The minimum absolute atomic E-state index is 0.0636. The summed E-state index contributed by atoms with van der Waals surface area (Å²) < 4.78 is 3.47. The molecule has 32 heavy (non-hydrogen) atoms. The van der Waals surface area contributed by atoms with Crippen molar-refractivity contribution in [2.45, 2.75) is 38.4 Å². The fourth-order valence-corrected chi connectivity index (χ4v) is 4.29. The standard InChI is InChI=1S/C23H23N5O3S/c1-3-13-27-21(31)17-7-5-6-8-18(17)28-22(27)25-26-23(28)32-14-19(29)15-9-11-16(12-10-15)24-20(30)4-2/h5-12H,3-4,13-14H2,1-2H3,(H,24,30). The third-order valence-corrected chi connectivity index (χ3v) is 6.00. The Balaban J connectivity index is 1.61. The van der Waals surface area contributed by atoms with Crippen LogP contribution in [0.1, 0.15) is 37.0 Å². The molecule has 0 spiro atoms. The van der Waals surface area contributed by atoms with E-state index in [0.29, 0.717) is 40.5 Å². The number of Topliss-reactive ketones (excluding diaryl/α,β-unsaturated/α-hetero) is 1. The van der Waals surface area contributed by atoms with E-state index >= 15 is 0 Å². The molecule has 0 saturated carbocycles. The van der Waals surface area contributed by atoms with Crippen molar-refractivity contribution in [1.29, 1.82) is 0 Å². The first kappa shape index (κ1) is 21.8. The van der Waals surface area contributed by atoms with Gasteiger partial charge in [0.05, 0.1) is 16.7 Å². The lowest BCUT2D eigenvalue weighted by Crippen LogP contribution is -2.23. The van der Waals surface area contributed by atoms with Gasteiger partial charge in [0.1, 0.15) is 0 Å². The van der Waals surface area contributed by atoms with E-state index in [2.05, 4.69) is 15.5 Å². The summed E-state index contributed by atoms with van der Waals surface area (Å²) in [7, 11) is 0. The van der Waals surface area contributed by atoms with Gasteiger partial charge in [0.25, 0.3) is 5.56 Å². The van der Waals surface area contributed by atoms with Crippen LogP contribution in [-0.2, 0) is 11.3 Å². The van der Waals surface area contributed by atoms with E-state index in [4.69, 9.17) is 0 Å². The molecule has 8 nitrogen and oxygen atoms in total. The lowest BCUT2D eigenvalue weighted by atomic mass is 10.1. The molecule has 9 heteroatoms. The highest BCUT2D eigenvalue weighted by atomic mass is 32.2. The third kappa shape index (κ3) is 4.16. The summed E-state index contributed by atoms with van der Waals surface area (Å²) in [5.41, 5.74) is 1.83. The van der Waals surface area contributed by atoms with Crippen molar-refractivity contribution in [3.8, 4) is 0 Å². The van der Waals surface area contributed by atoms with E-state index in [0.717, 1.165) is 11.9 Å². The SMILES string of the molecule is CCCn1c(=O)c2ccccc2n2c(SCC(=O)c3ccc(NC(=O)CC)cc3)nnc12. The molecule has 4 rings (SSSR count). The molecule has 0 aliphatic heterocycles. The molecule has 1 N–H and O–H groups in total. The number of benzene rings is 2. The molecule has 2 heterocycles. The Labute approximate surface area is 188 Å². The van der Waals surface area contributed by atoms with Gasteiger partial charge in [-0.25, -0.2) is 0 Å². The number of amides is 1. The van der Waals surface area contributed by atoms with E-state index in [9.17, 15) is 14.4 Å². The number of aromatic nitrogens is 4. The quantitative estimate of drug-likeness (QED) is 0.325. The number of para-hydroxylation sites is 1. The van der Waals surface area contributed by atoms with Gasteiger partial charge in [-0.3, -0.25) is 23.4 Å². The van der Waals surface area contributed by atoms with Crippen molar-refractivity contribution < 1.29 is 9.59 Å². The molecular formula is C23H23N5O3S. The summed E-state index contributed by atoms with van der Waals surface area (Å²) >= 11 is 1.28. The van der Waals surface area contributed by atoms with Crippen LogP contribution in [0.2, 0.25) is 0 Å². The number of hydrogen-bond acceptors (Lipinski definition) is 6. The lowest BCUT2D eigenvalue weighted by molar-refractivity contribution is -0.115. The van der Waals surface area contributed by atoms with Gasteiger partial charge in [-0.05, 0) is 42.8 Å². The topological polar surface area (TPSA) is 98.4 Å². The molecule has 0 bridgehead atoms. The maximum absolute atomic E-state index is 12.9. The highest BCUT2D eigenvalue weighted by Crippen LogP contribution is 2.23. The van der Waals surface area contributed by atoms with Crippen molar-refractivity contribution in [2.24, 2.45) is 0 Å². The average Bonchev–Trinajstić information content (AvgIpc) is 3.24. The maximum Gasteiger partial charge on any atom is 0.262 e. The molecule has 0 aliphatic carbocycles. The molecule has 0 unspecified atom stereocenters. The molecule has 0 aliphatic rings. The number of carbonyl (C=O) groups excluding carboxylic acids is 2. The van der Waals surface area contributed by atoms with E-state index < -0.39 is 0 Å². The molecule has 0 atom stereocenters. The number of nitrogens with zero attached hydrogens (tertiary/aromatic N) is 4. The summed E-state index contributed by atoms with van der Waals surface area (Å²) in [6, 6.07) is 14.2. The van der Waals surface area contributed by atoms with Gasteiger partial charge in [0, 0.05) is 24.2 Å². The van der Waals surface area contributed by atoms with Crippen LogP contribution >= 0.6 is 11.8 Å². The number of aryl methyl sites for hydroxylation is 1. The zero-order valence-corrected chi connectivity index (χ0v) is 18.7. The van der Waals surface area contributed by atoms with Gasteiger partial charge in [0.15, 0.2) is 10.9 Å². The molecule has 0 saturated heterocycles. The Bertz CT molecular complexity index is 1360. The van der Waals surface area contributed by atoms with Crippen LogP contribution in [-0.4, -0.2) is 36.6 Å². The monoisotopic (exact) mass is 449 g/mol. The van der Waals surface area contributed by atoms with Crippen LogP contribution < -0.4 is 10.9 Å². The Hall–Kier alpha value is -3.46. The average molecular weight is 450 g/mol. The Morgan fingerprint density at radius 1 is 1.03 bits per heavy atom. The molecule has 0 radical (unpaired) electrons. The van der Waals surface area contributed by atoms with Gasteiger partial charge in [0.2, 0.25) is 11.7 Å². The van der Waals surface area contributed by atoms with Crippen molar-refractivity contribution in [2.75, 3.05) is 11.1 Å². The highest BCUT2D eigenvalue weighted by molar-refractivity contribution is 7.99. The summed E-state index contributed by atoms with van der Waals surface area (Å²) in [5.74, 6) is 0.503. The van der Waals surface area contributed by atoms with Gasteiger partial charge < -0.3 is 5.32 Å². The van der Waals surface area contributed by atoms with Crippen molar-refractivity contribution >= 4 is 45.8 Å². The summed E-state index contributed by atoms with van der Waals surface area (Å²) in [6.45, 7) is 4.32. The Morgan fingerprint density at radius 3 is 2.50 bits per heavy atom. The molecule has 1 amide bonds. The van der Waals surface area contributed by atoms with E-state index in [1.165, 1.54) is 11.8 Å². The zero-order valence-electron chi connectivity index (χ0n) is 17.9. The van der Waals surface area contributed by atoms with Crippen LogP contribution in [0, 0.1) is 0 Å². The largest absolute Gasteiger partial charge is 0.326 e. The first-order valence-electron chi connectivity index (χ1n) is 10.5. The summed E-state index contributed by atoms with van der Waals surface area (Å²) in [4.78, 5) is 37.1. The minimum Gasteiger partial charge on any atom is -0.326 e. The molecule has 2 aromatic heterocycles. The Kier molecular flexibility index (Phi) is 6.36. The smallest absolute Gasteiger partial charge is 0.262 e. The number of rotatable bonds is 8. The molecule has 164 valence electrons. The van der Waals surface area contributed by atoms with Crippen molar-refractivity contribution in [3.63, 3.8) is 0 Å². The van der Waals surface area contributed by atoms with E-state index in [1.807, 2.05) is 29.5 Å². The summed E-state index contributed by atoms with van der Waals surface area (Å²) in [6.07, 6.45) is 1.18. The van der Waals surface area contributed by atoms with Crippen LogP contribution in [0.4, 0.5) is 5.69 Å². The van der Waals surface area contributed by atoms with Crippen LogP contribution in [0.3, 0.4) is 0 Å². The number of anilines is 1. The first-order valence-corrected chi connectivity index (χ1v) is 11.4. The number of thioether (sulfide) groups is 1. The van der Waals surface area contributed by atoms with Gasteiger partial charge in [-0.15, -0.1) is 10.2 Å². The van der Waals surface area contributed by atoms with Crippen molar-refractivity contribution in [3.05, 3.63) is 64.4 Å². The van der Waals surface area contributed by atoms with Gasteiger partial charge in [-0.2, -0.15) is 0 Å². The minimum atomic E-state index is -0.0924. The number of nitrogens with one attached hydrogen (secondary N) is 1. The second kappa shape index (κ2) is 9.35. The molecule has 2 aromatic carbocycles. The number of fused-ring (bicyclic) bond motifs is 3. The Morgan fingerprint density at radius 2 is 1.78 bits per heavy atom. The predicted octanol–water partition coefficient (Wildman–Crippen LogP) is 3.78. The van der Waals surface area contributed by atoms with Crippen LogP contribution in [0.25, 0.3) is 16.7 Å². The normalized spacial score (nSPS) is 11.2. The predicted molar refractivity (Wildman–Crippen MR) is 125 cm³/mol. The number of carbonyl (C=O) groups is 2. The molecular weight excluding hydrogens is 426 g/mol. The molecule has 4 aromatic rings. The van der Waals surface area contributed by atoms with Gasteiger partial charge in [-0.1, -0.05) is 37.7 Å². The molecule has 0 fully saturated rings. The summed E-state index contributed by atoms with van der Waals surface area (Å²) in [5, 5.41) is 12.4. The van der Waals surface area contributed by atoms with Crippen molar-refractivity contribution in [1.82, 2.24) is 19.2 Å². The number of ketones is 1. The second-order valence-corrected chi connectivity index (χ2v) is 8.23. The van der Waals surface area contributed by atoms with E-state index in [1.54, 1.807) is 41.8 Å². The maximum atomic E-state index is 12.9. The second-order valence-electron chi connectivity index (χ2n) is 7.28. The fourth-order valence-electron chi connectivity index (χ4n) is 3.45. The fraction of sp³-hybridized carbons (Fsp3) is 0.261.